The van der Waals surface area contributed by atoms with Crippen LogP contribution in [-0.2, 0) is 0 Å². The summed E-state index contributed by atoms with van der Waals surface area (Å²) < 4.78 is 43.4. The summed E-state index contributed by atoms with van der Waals surface area (Å²) in [4.78, 5) is 2.06. The number of rotatable bonds is 6. The number of piperazine rings is 1. The molecule has 7 heteroatoms. The first-order valence-corrected chi connectivity index (χ1v) is 7.88. The van der Waals surface area contributed by atoms with Crippen LogP contribution in [0.1, 0.15) is 31.4 Å². The van der Waals surface area contributed by atoms with Gasteiger partial charge in [-0.25, -0.2) is 0 Å². The van der Waals surface area contributed by atoms with Crippen molar-refractivity contribution in [3.05, 3.63) is 23.8 Å². The van der Waals surface area contributed by atoms with E-state index < -0.39 is 12.6 Å². The minimum Gasteiger partial charge on any atom is -0.504 e. The Kier molecular flexibility index (Phi) is 6.12. The van der Waals surface area contributed by atoms with Crippen LogP contribution in [0.4, 0.5) is 13.2 Å². The van der Waals surface area contributed by atoms with Gasteiger partial charge in [-0.15, -0.1) is 0 Å². The molecule has 1 heterocycles. The molecule has 1 saturated heterocycles. The number of halogens is 3. The third kappa shape index (κ3) is 5.28. The van der Waals surface area contributed by atoms with Gasteiger partial charge in [0.2, 0.25) is 0 Å². The molecule has 1 aliphatic rings. The van der Waals surface area contributed by atoms with Crippen LogP contribution in [-0.4, -0.2) is 49.0 Å². The Morgan fingerprint density at radius 3 is 2.61 bits per heavy atom. The fourth-order valence-electron chi connectivity index (χ4n) is 2.86. The Morgan fingerprint density at radius 2 is 2.00 bits per heavy atom. The van der Waals surface area contributed by atoms with Crippen LogP contribution >= 0.6 is 0 Å². The van der Waals surface area contributed by atoms with E-state index in [1.807, 2.05) is 0 Å². The van der Waals surface area contributed by atoms with Crippen LogP contribution in [0.2, 0.25) is 0 Å². The van der Waals surface area contributed by atoms with Crippen LogP contribution in [0, 0.1) is 0 Å². The Hall–Kier alpha value is -1.47. The highest BCUT2D eigenvalue weighted by Gasteiger charge is 2.31. The molecular formula is C16H23F3N2O2. The summed E-state index contributed by atoms with van der Waals surface area (Å²) in [5, 5.41) is 13.0. The third-order valence-electron chi connectivity index (χ3n) is 3.96. The predicted molar refractivity (Wildman–Crippen MR) is 81.7 cm³/mol. The van der Waals surface area contributed by atoms with Gasteiger partial charge in [-0.3, -0.25) is 4.90 Å². The number of phenolic OH excluding ortho intramolecular Hbond substituents is 1. The molecule has 0 aliphatic carbocycles. The second kappa shape index (κ2) is 7.88. The first kappa shape index (κ1) is 17.9. The molecule has 0 aromatic heterocycles. The summed E-state index contributed by atoms with van der Waals surface area (Å²) in [6.45, 7) is 5.11. The van der Waals surface area contributed by atoms with Crippen LogP contribution < -0.4 is 10.1 Å². The molecule has 4 nitrogen and oxygen atoms in total. The summed E-state index contributed by atoms with van der Waals surface area (Å²) in [5.74, 6) is 0.322. The molecule has 0 spiro atoms. The number of nitrogens with zero attached hydrogens (tertiary/aromatic N) is 1. The Balaban J connectivity index is 2.22. The smallest absolute Gasteiger partial charge is 0.389 e. The van der Waals surface area contributed by atoms with Crippen LogP contribution in [0.3, 0.4) is 0 Å². The van der Waals surface area contributed by atoms with E-state index in [0.29, 0.717) is 25.4 Å². The van der Waals surface area contributed by atoms with Gasteiger partial charge in [0.05, 0.1) is 6.61 Å². The number of aromatic hydroxyl groups is 1. The summed E-state index contributed by atoms with van der Waals surface area (Å²) in [6.07, 6.45) is -5.00. The van der Waals surface area contributed by atoms with E-state index >= 15 is 0 Å². The average molecular weight is 332 g/mol. The lowest BCUT2D eigenvalue weighted by molar-refractivity contribution is -0.138. The van der Waals surface area contributed by atoms with Crippen LogP contribution in [0.5, 0.6) is 11.5 Å². The van der Waals surface area contributed by atoms with Crippen molar-refractivity contribution in [3.8, 4) is 11.5 Å². The molecule has 1 atom stereocenters. The molecule has 0 bridgehead atoms. The normalized spacial score (nSPS) is 17.9. The number of hydrogen-bond acceptors (Lipinski definition) is 4. The van der Waals surface area contributed by atoms with Crippen molar-refractivity contribution in [2.75, 3.05) is 32.8 Å². The van der Waals surface area contributed by atoms with Crippen LogP contribution in [0.25, 0.3) is 0 Å². The average Bonchev–Trinajstić information content (AvgIpc) is 2.51. The minimum absolute atomic E-state index is 0.000158. The number of benzene rings is 1. The van der Waals surface area contributed by atoms with E-state index in [-0.39, 0.29) is 18.2 Å². The molecule has 2 rings (SSSR count). The van der Waals surface area contributed by atoms with Gasteiger partial charge < -0.3 is 15.2 Å². The number of nitrogens with one attached hydrogen (secondary N) is 1. The van der Waals surface area contributed by atoms with Gasteiger partial charge in [0, 0.05) is 38.6 Å². The summed E-state index contributed by atoms with van der Waals surface area (Å²) >= 11 is 0. The predicted octanol–water partition coefficient (Wildman–Crippen LogP) is 3.08. The molecule has 2 N–H and O–H groups in total. The maximum absolute atomic E-state index is 12.7. The van der Waals surface area contributed by atoms with E-state index in [2.05, 4.69) is 10.2 Å². The van der Waals surface area contributed by atoms with Crippen molar-refractivity contribution in [1.29, 1.82) is 0 Å². The zero-order valence-electron chi connectivity index (χ0n) is 13.2. The molecule has 1 aromatic rings. The molecular weight excluding hydrogens is 309 g/mol. The zero-order valence-corrected chi connectivity index (χ0v) is 13.2. The highest BCUT2D eigenvalue weighted by atomic mass is 19.4. The Morgan fingerprint density at radius 1 is 1.30 bits per heavy atom. The van der Waals surface area contributed by atoms with Gasteiger partial charge in [-0.2, -0.15) is 13.2 Å². The zero-order chi connectivity index (χ0) is 16.9. The molecule has 130 valence electrons. The molecule has 0 amide bonds. The maximum Gasteiger partial charge on any atom is 0.389 e. The number of ether oxygens (including phenoxy) is 1. The highest BCUT2D eigenvalue weighted by Crippen LogP contribution is 2.35. The van der Waals surface area contributed by atoms with Crippen LogP contribution in [0.15, 0.2) is 18.2 Å². The quantitative estimate of drug-likeness (QED) is 0.840. The fraction of sp³-hybridized carbons (Fsp3) is 0.625. The first-order chi connectivity index (χ1) is 10.9. The molecule has 1 aromatic carbocycles. The summed E-state index contributed by atoms with van der Waals surface area (Å²) in [5.41, 5.74) is 0.748. The molecule has 0 radical (unpaired) electrons. The minimum atomic E-state index is -4.17. The largest absolute Gasteiger partial charge is 0.504 e. The number of alkyl halides is 3. The van der Waals surface area contributed by atoms with Crippen molar-refractivity contribution < 1.29 is 23.0 Å². The SMILES string of the molecule is CCOc1cc([C@H](CCC(F)(F)F)N2CCNCC2)ccc1O. The Labute approximate surface area is 134 Å². The van der Waals surface area contributed by atoms with Crippen molar-refractivity contribution in [1.82, 2.24) is 10.2 Å². The summed E-state index contributed by atoms with van der Waals surface area (Å²) in [6, 6.07) is 4.49. The number of phenols is 1. The fourth-order valence-corrected chi connectivity index (χ4v) is 2.86. The standard InChI is InChI=1S/C16H23F3N2O2/c1-2-23-15-11-12(3-4-14(15)22)13(5-6-16(17,18)19)21-9-7-20-8-10-21/h3-4,11,13,20,22H,2,5-10H2,1H3/t13-/m0/s1. The third-order valence-corrected chi connectivity index (χ3v) is 3.96. The van der Waals surface area contributed by atoms with E-state index in [1.165, 1.54) is 6.07 Å². The summed E-state index contributed by atoms with van der Waals surface area (Å²) in [7, 11) is 0. The first-order valence-electron chi connectivity index (χ1n) is 7.88. The molecule has 23 heavy (non-hydrogen) atoms. The van der Waals surface area contributed by atoms with Gasteiger partial charge in [-0.1, -0.05) is 6.07 Å². The molecule has 1 fully saturated rings. The topological polar surface area (TPSA) is 44.7 Å². The van der Waals surface area contributed by atoms with E-state index in [1.54, 1.807) is 19.1 Å². The van der Waals surface area contributed by atoms with Gasteiger partial charge >= 0.3 is 6.18 Å². The number of hydrogen-bond donors (Lipinski definition) is 2. The Bertz CT molecular complexity index is 503. The van der Waals surface area contributed by atoms with E-state index in [9.17, 15) is 18.3 Å². The van der Waals surface area contributed by atoms with Crippen molar-refractivity contribution >= 4 is 0 Å². The van der Waals surface area contributed by atoms with Crippen molar-refractivity contribution in [2.45, 2.75) is 32.0 Å². The molecule has 0 unspecified atom stereocenters. The van der Waals surface area contributed by atoms with Gasteiger partial charge in [0.25, 0.3) is 0 Å². The van der Waals surface area contributed by atoms with Crippen molar-refractivity contribution in [2.24, 2.45) is 0 Å². The molecule has 1 aliphatic heterocycles. The second-order valence-corrected chi connectivity index (χ2v) is 5.62. The second-order valence-electron chi connectivity index (χ2n) is 5.62. The van der Waals surface area contributed by atoms with E-state index in [4.69, 9.17) is 4.74 Å². The van der Waals surface area contributed by atoms with Gasteiger partial charge in [-0.05, 0) is 31.0 Å². The lowest BCUT2D eigenvalue weighted by atomic mass is 9.98. The van der Waals surface area contributed by atoms with Gasteiger partial charge in [0.15, 0.2) is 11.5 Å². The lowest BCUT2D eigenvalue weighted by Gasteiger charge is -2.35. The maximum atomic E-state index is 12.7. The highest BCUT2D eigenvalue weighted by molar-refractivity contribution is 5.42. The van der Waals surface area contributed by atoms with E-state index in [0.717, 1.165) is 18.7 Å². The lowest BCUT2D eigenvalue weighted by Crippen LogP contribution is -2.45. The monoisotopic (exact) mass is 332 g/mol. The van der Waals surface area contributed by atoms with Crippen molar-refractivity contribution in [3.63, 3.8) is 0 Å². The van der Waals surface area contributed by atoms with Gasteiger partial charge in [0.1, 0.15) is 0 Å². The molecule has 0 saturated carbocycles.